The van der Waals surface area contributed by atoms with Crippen LogP contribution in [0, 0.1) is 0 Å². The third kappa shape index (κ3) is 3.73. The van der Waals surface area contributed by atoms with Crippen LogP contribution in [-0.2, 0) is 6.54 Å². The highest BCUT2D eigenvalue weighted by Gasteiger charge is 2.35. The molecule has 5 nitrogen and oxygen atoms in total. The molecule has 20 heavy (non-hydrogen) atoms. The molecule has 1 atom stereocenters. The third-order valence-electron chi connectivity index (χ3n) is 4.01. The summed E-state index contributed by atoms with van der Waals surface area (Å²) in [5.74, 6) is 0. The van der Waals surface area contributed by atoms with Gasteiger partial charge in [-0.05, 0) is 49.1 Å². The van der Waals surface area contributed by atoms with Gasteiger partial charge in [0.15, 0.2) is 0 Å². The van der Waals surface area contributed by atoms with Gasteiger partial charge in [-0.1, -0.05) is 11.6 Å². The van der Waals surface area contributed by atoms with Gasteiger partial charge in [-0.15, -0.1) is 0 Å². The maximum absolute atomic E-state index is 6.39. The molecule has 0 aliphatic rings. The summed E-state index contributed by atoms with van der Waals surface area (Å²) in [4.78, 5) is 4.35. The molecule has 0 aliphatic carbocycles. The molecule has 0 radical (unpaired) electrons. The van der Waals surface area contributed by atoms with Crippen molar-refractivity contribution in [3.63, 3.8) is 0 Å². The second-order valence-electron chi connectivity index (χ2n) is 6.17. The van der Waals surface area contributed by atoms with E-state index in [-0.39, 0.29) is 11.6 Å². The lowest BCUT2D eigenvalue weighted by atomic mass is 9.90. The summed E-state index contributed by atoms with van der Waals surface area (Å²) >= 11 is 6.39. The molecular weight excluding hydrogens is 274 g/mol. The first kappa shape index (κ1) is 17.4. The minimum absolute atomic E-state index is 0.0751. The minimum atomic E-state index is -0.0751. The highest BCUT2D eigenvalue weighted by molar-refractivity contribution is 6.31. The number of nitrogens with one attached hydrogen (secondary N) is 1. The molecule has 1 aromatic rings. The summed E-state index contributed by atoms with van der Waals surface area (Å²) in [7, 11) is 10.3. The number of halogens is 1. The van der Waals surface area contributed by atoms with Gasteiger partial charge in [0.2, 0.25) is 0 Å². The summed E-state index contributed by atoms with van der Waals surface area (Å²) in [5.41, 5.74) is 0.976. The van der Waals surface area contributed by atoms with Crippen molar-refractivity contribution in [3.05, 3.63) is 16.9 Å². The van der Waals surface area contributed by atoms with Gasteiger partial charge < -0.3 is 15.1 Å². The Morgan fingerprint density at radius 1 is 1.35 bits per heavy atom. The first-order chi connectivity index (χ1) is 9.21. The van der Waals surface area contributed by atoms with Gasteiger partial charge in [0, 0.05) is 12.1 Å². The molecule has 0 saturated heterocycles. The predicted octanol–water partition coefficient (Wildman–Crippen LogP) is 1.70. The Bertz CT molecular complexity index is 425. The van der Waals surface area contributed by atoms with Crippen molar-refractivity contribution in [2.75, 3.05) is 41.8 Å². The van der Waals surface area contributed by atoms with Gasteiger partial charge in [-0.25, -0.2) is 0 Å². The first-order valence-electron chi connectivity index (χ1n) is 6.92. The van der Waals surface area contributed by atoms with Crippen LogP contribution in [0.3, 0.4) is 0 Å². The molecule has 0 bridgehead atoms. The number of rotatable bonds is 7. The SMILES string of the molecule is CNC(c1c(Cl)cnn1CCN(C)C)C(C)(C)N(C)C. The maximum Gasteiger partial charge on any atom is 0.0834 e. The topological polar surface area (TPSA) is 36.3 Å². The van der Waals surface area contributed by atoms with Gasteiger partial charge in [-0.3, -0.25) is 4.68 Å². The summed E-state index contributed by atoms with van der Waals surface area (Å²) in [6.07, 6.45) is 1.74. The van der Waals surface area contributed by atoms with E-state index in [1.165, 1.54) is 0 Å². The Hall–Kier alpha value is -0.620. The lowest BCUT2D eigenvalue weighted by Gasteiger charge is -2.40. The highest BCUT2D eigenvalue weighted by atomic mass is 35.5. The summed E-state index contributed by atoms with van der Waals surface area (Å²) in [5, 5.41) is 8.54. The second kappa shape index (κ2) is 6.89. The summed E-state index contributed by atoms with van der Waals surface area (Å²) in [6.45, 7) is 6.17. The van der Waals surface area contributed by atoms with Gasteiger partial charge in [0.1, 0.15) is 0 Å². The van der Waals surface area contributed by atoms with Crippen molar-refractivity contribution >= 4 is 11.6 Å². The summed E-state index contributed by atoms with van der Waals surface area (Å²) in [6, 6.07) is 0.106. The smallest absolute Gasteiger partial charge is 0.0834 e. The summed E-state index contributed by atoms with van der Waals surface area (Å²) < 4.78 is 2.01. The average Bonchev–Trinajstić information content (AvgIpc) is 2.69. The molecular formula is C14H28ClN5. The molecule has 1 heterocycles. The molecule has 1 unspecified atom stereocenters. The van der Waals surface area contributed by atoms with E-state index in [0.717, 1.165) is 23.8 Å². The number of aromatic nitrogens is 2. The van der Waals surface area contributed by atoms with Gasteiger partial charge in [0.05, 0.1) is 29.5 Å². The number of nitrogens with zero attached hydrogens (tertiary/aromatic N) is 4. The zero-order valence-corrected chi connectivity index (χ0v) is 14.5. The molecule has 1 N–H and O–H groups in total. The fraction of sp³-hybridized carbons (Fsp3) is 0.786. The Labute approximate surface area is 127 Å². The van der Waals surface area contributed by atoms with E-state index in [1.807, 2.05) is 11.7 Å². The minimum Gasteiger partial charge on any atom is -0.310 e. The molecule has 1 rings (SSSR count). The molecule has 116 valence electrons. The van der Waals surface area contributed by atoms with Gasteiger partial charge in [-0.2, -0.15) is 5.10 Å². The fourth-order valence-electron chi connectivity index (χ4n) is 2.21. The van der Waals surface area contributed by atoms with Crippen molar-refractivity contribution in [2.45, 2.75) is 32.0 Å². The van der Waals surface area contributed by atoms with E-state index < -0.39 is 0 Å². The van der Waals surface area contributed by atoms with Crippen LogP contribution in [0.5, 0.6) is 0 Å². The fourth-order valence-corrected chi connectivity index (χ4v) is 2.46. The predicted molar refractivity (Wildman–Crippen MR) is 85.4 cm³/mol. The zero-order valence-electron chi connectivity index (χ0n) is 13.7. The first-order valence-corrected chi connectivity index (χ1v) is 7.30. The monoisotopic (exact) mass is 301 g/mol. The Kier molecular flexibility index (Phi) is 6.01. The van der Waals surface area contributed by atoms with Crippen LogP contribution in [0.4, 0.5) is 0 Å². The molecule has 0 aliphatic heterocycles. The zero-order chi connectivity index (χ0) is 15.5. The van der Waals surface area contributed by atoms with Crippen LogP contribution in [0.1, 0.15) is 25.6 Å². The quantitative estimate of drug-likeness (QED) is 0.832. The molecule has 0 fully saturated rings. The van der Waals surface area contributed by atoms with Crippen molar-refractivity contribution in [2.24, 2.45) is 0 Å². The van der Waals surface area contributed by atoms with Crippen LogP contribution in [-0.4, -0.2) is 66.9 Å². The van der Waals surface area contributed by atoms with Crippen LogP contribution in [0.2, 0.25) is 5.02 Å². The van der Waals surface area contributed by atoms with Crippen LogP contribution in [0.15, 0.2) is 6.20 Å². The second-order valence-corrected chi connectivity index (χ2v) is 6.58. The molecule has 6 heteroatoms. The van der Waals surface area contributed by atoms with Crippen molar-refractivity contribution < 1.29 is 0 Å². The molecule has 0 aromatic carbocycles. The maximum atomic E-state index is 6.39. The van der Waals surface area contributed by atoms with Crippen molar-refractivity contribution in [1.29, 1.82) is 0 Å². The number of hydrogen-bond donors (Lipinski definition) is 1. The molecule has 1 aromatic heterocycles. The lowest BCUT2D eigenvalue weighted by Crippen LogP contribution is -2.49. The third-order valence-corrected chi connectivity index (χ3v) is 4.30. The average molecular weight is 302 g/mol. The van der Waals surface area contributed by atoms with E-state index in [9.17, 15) is 0 Å². The Balaban J connectivity index is 3.12. The number of hydrogen-bond acceptors (Lipinski definition) is 4. The molecule has 0 amide bonds. The standard InChI is InChI=1S/C14H28ClN5/c1-14(2,19(6)7)13(16-3)12-11(15)10-17-20(12)9-8-18(4)5/h10,13,16H,8-9H2,1-7H3. The lowest BCUT2D eigenvalue weighted by molar-refractivity contribution is 0.137. The molecule has 0 spiro atoms. The number of likely N-dealkylation sites (N-methyl/N-ethyl adjacent to an activating group) is 3. The van der Waals surface area contributed by atoms with Gasteiger partial charge in [0.25, 0.3) is 0 Å². The van der Waals surface area contributed by atoms with E-state index in [4.69, 9.17) is 11.6 Å². The Morgan fingerprint density at radius 3 is 2.40 bits per heavy atom. The molecule has 0 saturated carbocycles. The van der Waals surface area contributed by atoms with E-state index >= 15 is 0 Å². The van der Waals surface area contributed by atoms with Gasteiger partial charge >= 0.3 is 0 Å². The van der Waals surface area contributed by atoms with E-state index in [2.05, 4.69) is 62.3 Å². The Morgan fingerprint density at radius 2 is 1.95 bits per heavy atom. The van der Waals surface area contributed by atoms with Crippen LogP contribution >= 0.6 is 11.6 Å². The van der Waals surface area contributed by atoms with Crippen LogP contribution < -0.4 is 5.32 Å². The van der Waals surface area contributed by atoms with Crippen LogP contribution in [0.25, 0.3) is 0 Å². The van der Waals surface area contributed by atoms with Crippen molar-refractivity contribution in [3.8, 4) is 0 Å². The largest absolute Gasteiger partial charge is 0.310 e. The normalized spacial score (nSPS) is 14.3. The highest BCUT2D eigenvalue weighted by Crippen LogP contribution is 2.33. The van der Waals surface area contributed by atoms with E-state index in [1.54, 1.807) is 6.20 Å². The van der Waals surface area contributed by atoms with E-state index in [0.29, 0.717) is 0 Å². The van der Waals surface area contributed by atoms with Crippen molar-refractivity contribution in [1.82, 2.24) is 24.9 Å².